The number of anilines is 1. The van der Waals surface area contributed by atoms with Crippen LogP contribution in [0.15, 0.2) is 24.3 Å². The molecule has 0 radical (unpaired) electrons. The molecule has 19 heavy (non-hydrogen) atoms. The molecule has 1 aromatic carbocycles. The van der Waals surface area contributed by atoms with Crippen LogP contribution >= 0.6 is 0 Å². The third-order valence-corrected chi connectivity index (χ3v) is 4.38. The molecule has 0 spiro atoms. The lowest BCUT2D eigenvalue weighted by Gasteiger charge is -2.24. The average Bonchev–Trinajstić information content (AvgIpc) is 2.30. The van der Waals surface area contributed by atoms with Crippen molar-refractivity contribution in [2.24, 2.45) is 0 Å². The Labute approximate surface area is 115 Å². The zero-order chi connectivity index (χ0) is 14.5. The Morgan fingerprint density at radius 1 is 1.26 bits per heavy atom. The highest BCUT2D eigenvalue weighted by Gasteiger charge is 2.22. The molecule has 108 valence electrons. The molecule has 0 aliphatic carbocycles. The van der Waals surface area contributed by atoms with Gasteiger partial charge in [0.25, 0.3) is 0 Å². The molecule has 0 aromatic heterocycles. The van der Waals surface area contributed by atoms with Gasteiger partial charge in [-0.2, -0.15) is 0 Å². The van der Waals surface area contributed by atoms with Crippen LogP contribution < -0.4 is 15.2 Å². The smallest absolute Gasteiger partial charge is 0.215 e. The van der Waals surface area contributed by atoms with Gasteiger partial charge in [0.1, 0.15) is 12.4 Å². The van der Waals surface area contributed by atoms with E-state index in [4.69, 9.17) is 10.5 Å². The number of ether oxygens (including phenoxy) is 1. The van der Waals surface area contributed by atoms with Crippen molar-refractivity contribution >= 4 is 15.7 Å². The topological polar surface area (TPSA) is 81.4 Å². The first-order chi connectivity index (χ1) is 8.74. The Bertz CT molecular complexity index is 495. The molecule has 0 saturated carbocycles. The molecule has 5 nitrogen and oxygen atoms in total. The minimum absolute atomic E-state index is 0.0686. The van der Waals surface area contributed by atoms with Crippen LogP contribution in [0, 0.1) is 0 Å². The largest absolute Gasteiger partial charge is 0.492 e. The maximum atomic E-state index is 11.8. The molecule has 0 heterocycles. The normalized spacial score (nSPS) is 12.4. The van der Waals surface area contributed by atoms with Gasteiger partial charge in [-0.25, -0.2) is 13.1 Å². The lowest BCUT2D eigenvalue weighted by molar-refractivity contribution is 0.338. The molecular formula is C13H22N2O3S. The number of nitrogens with one attached hydrogen (secondary N) is 1. The predicted molar refractivity (Wildman–Crippen MR) is 77.6 cm³/mol. The van der Waals surface area contributed by atoms with Crippen LogP contribution in [0.1, 0.15) is 27.2 Å². The first kappa shape index (κ1) is 15.8. The first-order valence-electron chi connectivity index (χ1n) is 6.24. The second-order valence-electron chi connectivity index (χ2n) is 5.08. The minimum Gasteiger partial charge on any atom is -0.492 e. The summed E-state index contributed by atoms with van der Waals surface area (Å²) in [6, 6.07) is 6.85. The zero-order valence-electron chi connectivity index (χ0n) is 11.6. The van der Waals surface area contributed by atoms with E-state index in [1.165, 1.54) is 0 Å². The molecular weight excluding hydrogens is 264 g/mol. The Kier molecular flexibility index (Phi) is 5.20. The van der Waals surface area contributed by atoms with Crippen LogP contribution in [0.5, 0.6) is 5.75 Å². The SMILES string of the molecule is CCC(C)(C)NS(=O)(=O)CCOc1ccc(N)cc1. The highest BCUT2D eigenvalue weighted by atomic mass is 32.2. The summed E-state index contributed by atoms with van der Waals surface area (Å²) in [5.41, 5.74) is 5.76. The lowest BCUT2D eigenvalue weighted by Crippen LogP contribution is -2.44. The van der Waals surface area contributed by atoms with Crippen LogP contribution in [0.25, 0.3) is 0 Å². The second kappa shape index (κ2) is 6.25. The Morgan fingerprint density at radius 3 is 2.37 bits per heavy atom. The molecule has 0 aliphatic rings. The van der Waals surface area contributed by atoms with E-state index in [0.717, 1.165) is 6.42 Å². The minimum atomic E-state index is -3.33. The highest BCUT2D eigenvalue weighted by Crippen LogP contribution is 2.13. The van der Waals surface area contributed by atoms with E-state index in [9.17, 15) is 8.42 Å². The third-order valence-electron chi connectivity index (χ3n) is 2.82. The molecule has 0 bridgehead atoms. The molecule has 1 aromatic rings. The standard InChI is InChI=1S/C13H22N2O3S/c1-4-13(2,3)15-19(16,17)10-9-18-12-7-5-11(14)6-8-12/h5-8,15H,4,9-10,14H2,1-3H3. The van der Waals surface area contributed by atoms with E-state index in [0.29, 0.717) is 11.4 Å². The monoisotopic (exact) mass is 286 g/mol. The summed E-state index contributed by atoms with van der Waals surface area (Å²) in [6.45, 7) is 5.75. The van der Waals surface area contributed by atoms with Crippen LogP contribution in [0.2, 0.25) is 0 Å². The Balaban J connectivity index is 2.46. The van der Waals surface area contributed by atoms with Crippen molar-refractivity contribution in [3.05, 3.63) is 24.3 Å². The number of nitrogens with two attached hydrogens (primary N) is 1. The summed E-state index contributed by atoms with van der Waals surface area (Å²) in [5.74, 6) is 0.542. The van der Waals surface area contributed by atoms with Gasteiger partial charge < -0.3 is 10.5 Å². The molecule has 1 rings (SSSR count). The van der Waals surface area contributed by atoms with E-state index in [2.05, 4.69) is 4.72 Å². The molecule has 0 fully saturated rings. The first-order valence-corrected chi connectivity index (χ1v) is 7.89. The fourth-order valence-electron chi connectivity index (χ4n) is 1.38. The van der Waals surface area contributed by atoms with Crippen molar-refractivity contribution in [3.8, 4) is 5.75 Å². The summed E-state index contributed by atoms with van der Waals surface area (Å²) in [4.78, 5) is 0. The van der Waals surface area contributed by atoms with Crippen molar-refractivity contribution in [3.63, 3.8) is 0 Å². The average molecular weight is 286 g/mol. The van der Waals surface area contributed by atoms with E-state index in [-0.39, 0.29) is 12.4 Å². The number of benzene rings is 1. The molecule has 0 unspecified atom stereocenters. The zero-order valence-corrected chi connectivity index (χ0v) is 12.5. The van der Waals surface area contributed by atoms with Crippen LogP contribution in [0.3, 0.4) is 0 Å². The number of nitrogen functional groups attached to an aromatic ring is 1. The van der Waals surface area contributed by atoms with E-state index in [1.807, 2.05) is 20.8 Å². The number of hydrogen-bond donors (Lipinski definition) is 2. The second-order valence-corrected chi connectivity index (χ2v) is 6.92. The maximum absolute atomic E-state index is 11.8. The van der Waals surface area contributed by atoms with Crippen molar-refractivity contribution in [2.75, 3.05) is 18.1 Å². The van der Waals surface area contributed by atoms with E-state index < -0.39 is 15.6 Å². The van der Waals surface area contributed by atoms with Gasteiger partial charge in [-0.15, -0.1) is 0 Å². The van der Waals surface area contributed by atoms with Gasteiger partial charge in [0.15, 0.2) is 0 Å². The molecule has 6 heteroatoms. The van der Waals surface area contributed by atoms with Gasteiger partial charge in [0.05, 0.1) is 5.75 Å². The number of sulfonamides is 1. The van der Waals surface area contributed by atoms with Crippen LogP contribution in [0.4, 0.5) is 5.69 Å². The van der Waals surface area contributed by atoms with Crippen molar-refractivity contribution < 1.29 is 13.2 Å². The summed E-state index contributed by atoms with van der Waals surface area (Å²) in [7, 11) is -3.33. The van der Waals surface area contributed by atoms with Crippen molar-refractivity contribution in [1.82, 2.24) is 4.72 Å². The third kappa shape index (κ3) is 5.94. The lowest BCUT2D eigenvalue weighted by atomic mass is 10.0. The van der Waals surface area contributed by atoms with Crippen LogP contribution in [-0.2, 0) is 10.0 Å². The summed E-state index contributed by atoms with van der Waals surface area (Å²) in [5, 5.41) is 0. The van der Waals surface area contributed by atoms with Crippen LogP contribution in [-0.4, -0.2) is 26.3 Å². The maximum Gasteiger partial charge on any atom is 0.215 e. The predicted octanol–water partition coefficient (Wildman–Crippen LogP) is 1.76. The molecule has 3 N–H and O–H groups in total. The van der Waals surface area contributed by atoms with Crippen molar-refractivity contribution in [2.45, 2.75) is 32.7 Å². The van der Waals surface area contributed by atoms with Crippen molar-refractivity contribution in [1.29, 1.82) is 0 Å². The Hall–Kier alpha value is -1.27. The number of hydrogen-bond acceptors (Lipinski definition) is 4. The number of rotatable bonds is 7. The molecule has 0 aliphatic heterocycles. The summed E-state index contributed by atoms with van der Waals surface area (Å²) in [6.07, 6.45) is 0.727. The molecule has 0 atom stereocenters. The fourth-order valence-corrected chi connectivity index (χ4v) is 2.77. The molecule has 0 saturated heterocycles. The van der Waals surface area contributed by atoms with E-state index >= 15 is 0 Å². The van der Waals surface area contributed by atoms with Gasteiger partial charge in [-0.3, -0.25) is 0 Å². The van der Waals surface area contributed by atoms with E-state index in [1.54, 1.807) is 24.3 Å². The fraction of sp³-hybridized carbons (Fsp3) is 0.538. The van der Waals surface area contributed by atoms with Gasteiger partial charge >= 0.3 is 0 Å². The quantitative estimate of drug-likeness (QED) is 0.748. The van der Waals surface area contributed by atoms with Gasteiger partial charge in [-0.05, 0) is 44.5 Å². The molecule has 0 amide bonds. The summed E-state index contributed by atoms with van der Waals surface area (Å²) >= 11 is 0. The summed E-state index contributed by atoms with van der Waals surface area (Å²) < 4.78 is 31.7. The Morgan fingerprint density at radius 2 is 1.84 bits per heavy atom. The van der Waals surface area contributed by atoms with Gasteiger partial charge in [0.2, 0.25) is 10.0 Å². The van der Waals surface area contributed by atoms with Gasteiger partial charge in [-0.1, -0.05) is 6.92 Å². The highest BCUT2D eigenvalue weighted by molar-refractivity contribution is 7.89. The van der Waals surface area contributed by atoms with Gasteiger partial charge in [0, 0.05) is 11.2 Å².